The Morgan fingerprint density at radius 1 is 0.600 bits per heavy atom. The van der Waals surface area contributed by atoms with Gasteiger partial charge in [0.2, 0.25) is 0 Å². The smallest absolute Gasteiger partial charge is 0.335 e. The van der Waals surface area contributed by atoms with Crippen LogP contribution in [0.15, 0.2) is 132 Å². The van der Waals surface area contributed by atoms with Crippen LogP contribution in [0.3, 0.4) is 0 Å². The minimum absolute atomic E-state index is 0. The highest BCUT2D eigenvalue weighted by molar-refractivity contribution is 7.91. The first-order valence-electron chi connectivity index (χ1n) is 16.9. The second-order valence-electron chi connectivity index (χ2n) is 12.8. The molecule has 2 N–H and O–H groups in total. The van der Waals surface area contributed by atoms with Gasteiger partial charge in [0.1, 0.15) is 0 Å². The molecule has 0 fully saturated rings. The lowest BCUT2D eigenvalue weighted by Crippen LogP contribution is -2.09. The van der Waals surface area contributed by atoms with Crippen molar-refractivity contribution in [2.24, 2.45) is 0 Å². The number of pyridine rings is 2. The van der Waals surface area contributed by atoms with Gasteiger partial charge in [-0.3, -0.25) is 30.2 Å². The predicted octanol–water partition coefficient (Wildman–Crippen LogP) is 8.33. The molecule has 6 rings (SSSR count). The van der Waals surface area contributed by atoms with E-state index in [0.717, 1.165) is 12.1 Å². The molecule has 312 valence electrons. The molecule has 0 aliphatic rings. The van der Waals surface area contributed by atoms with Crippen LogP contribution in [0.1, 0.15) is 50.4 Å². The summed E-state index contributed by atoms with van der Waals surface area (Å²) in [5, 5.41) is 41.2. The molecule has 4 aromatic carbocycles. The molecule has 0 saturated heterocycles. The number of nitrogens with zero attached hydrogens (tertiary/aromatic N) is 4. The molecular weight excluding hydrogens is 840 g/mol. The fourth-order valence-electron chi connectivity index (χ4n) is 5.93. The zero-order valence-electron chi connectivity index (χ0n) is 31.0. The maximum Gasteiger partial charge on any atom is 0.335 e. The second kappa shape index (κ2) is 19.7. The summed E-state index contributed by atoms with van der Waals surface area (Å²) >= 11 is 0. The summed E-state index contributed by atoms with van der Waals surface area (Å²) in [5.41, 5.74) is 2.93. The Bertz CT molecular complexity index is 2610. The van der Waals surface area contributed by atoms with Crippen molar-refractivity contribution in [2.45, 2.75) is 42.6 Å². The number of benzene rings is 4. The van der Waals surface area contributed by atoms with E-state index in [1.54, 1.807) is 62.9 Å². The number of halogens is 1. The third-order valence-electron chi connectivity index (χ3n) is 8.76. The minimum atomic E-state index is -4.02. The van der Waals surface area contributed by atoms with Crippen molar-refractivity contribution < 1.29 is 46.5 Å². The molecule has 0 radical (unpaired) electrons. The molecule has 6 aromatic rings. The molecule has 0 amide bonds. The highest BCUT2D eigenvalue weighted by Gasteiger charge is 2.26. The van der Waals surface area contributed by atoms with Gasteiger partial charge in [-0.2, -0.15) is 0 Å². The number of carboxylic acids is 2. The fraction of sp³-hybridized carbons (Fsp3) is 0.122. The molecule has 2 heterocycles. The lowest BCUT2D eigenvalue weighted by Gasteiger charge is -2.11. The quantitative estimate of drug-likeness (QED) is 0.0866. The maximum absolute atomic E-state index is 12.9. The van der Waals surface area contributed by atoms with Crippen LogP contribution in [0.5, 0.6) is 0 Å². The number of sulfone groups is 2. The third-order valence-corrected chi connectivity index (χ3v) is 12.1. The van der Waals surface area contributed by atoms with Crippen LogP contribution in [0.25, 0.3) is 22.3 Å². The summed E-state index contributed by atoms with van der Waals surface area (Å²) in [6.45, 7) is 3.40. The molecule has 0 saturated carbocycles. The van der Waals surface area contributed by atoms with Crippen molar-refractivity contribution in [3.8, 4) is 22.3 Å². The number of hydrogen-bond acceptors (Lipinski definition) is 12. The molecule has 16 nitrogen and oxygen atoms in total. The normalized spacial score (nSPS) is 10.8. The Hall–Kier alpha value is -6.89. The van der Waals surface area contributed by atoms with Gasteiger partial charge in [-0.25, -0.2) is 26.4 Å². The van der Waals surface area contributed by atoms with Crippen molar-refractivity contribution in [1.82, 2.24) is 9.97 Å². The maximum atomic E-state index is 12.9. The van der Waals surface area contributed by atoms with Crippen LogP contribution >= 0.6 is 12.4 Å². The summed E-state index contributed by atoms with van der Waals surface area (Å²) in [6, 6.07) is 22.4. The second-order valence-corrected chi connectivity index (χ2v) is 16.8. The molecular formula is C41H37ClN4O12S2. The first-order chi connectivity index (χ1) is 27.4. The number of rotatable bonds is 12. The largest absolute Gasteiger partial charge is 0.478 e. The highest BCUT2D eigenvalue weighted by Crippen LogP contribution is 2.34. The van der Waals surface area contributed by atoms with Gasteiger partial charge in [-0.05, 0) is 96.8 Å². The predicted molar refractivity (Wildman–Crippen MR) is 225 cm³/mol. The number of carboxylic acid groups (broad SMARTS) is 2. The summed E-state index contributed by atoms with van der Waals surface area (Å²) in [7, 11) is -8.04. The van der Waals surface area contributed by atoms with E-state index in [9.17, 15) is 46.7 Å². The lowest BCUT2D eigenvalue weighted by atomic mass is 9.98. The van der Waals surface area contributed by atoms with Gasteiger partial charge in [-0.15, -0.1) is 12.4 Å². The number of aromatic nitrogens is 2. The number of nitro benzene ring substituents is 2. The summed E-state index contributed by atoms with van der Waals surface area (Å²) in [6.07, 6.45) is 6.35. The van der Waals surface area contributed by atoms with E-state index >= 15 is 0 Å². The van der Waals surface area contributed by atoms with Crippen LogP contribution in [0.4, 0.5) is 11.4 Å². The monoisotopic (exact) mass is 876 g/mol. The lowest BCUT2D eigenvalue weighted by molar-refractivity contribution is -0.385. The van der Waals surface area contributed by atoms with E-state index in [4.69, 9.17) is 10.2 Å². The van der Waals surface area contributed by atoms with Crippen molar-refractivity contribution in [1.29, 1.82) is 0 Å². The Morgan fingerprint density at radius 2 is 0.967 bits per heavy atom. The highest BCUT2D eigenvalue weighted by atomic mass is 35.5. The molecule has 2 aromatic heterocycles. The Kier molecular flexibility index (Phi) is 15.6. The zero-order valence-corrected chi connectivity index (χ0v) is 33.4. The summed E-state index contributed by atoms with van der Waals surface area (Å²) in [4.78, 5) is 51.7. The van der Waals surface area contributed by atoms with Crippen molar-refractivity contribution >= 4 is 55.4 Å². The van der Waals surface area contributed by atoms with E-state index in [2.05, 4.69) is 9.97 Å². The van der Waals surface area contributed by atoms with E-state index in [-0.39, 0.29) is 63.3 Å². The van der Waals surface area contributed by atoms with Gasteiger partial charge in [-0.1, -0.05) is 31.7 Å². The average Bonchev–Trinajstić information content (AvgIpc) is 3.19. The Morgan fingerprint density at radius 3 is 1.27 bits per heavy atom. The molecule has 0 aliphatic heterocycles. The van der Waals surface area contributed by atoms with Crippen LogP contribution < -0.4 is 0 Å². The number of nitro groups is 2. The molecule has 0 spiro atoms. The van der Waals surface area contributed by atoms with E-state index in [1.807, 2.05) is 0 Å². The van der Waals surface area contributed by atoms with Crippen molar-refractivity contribution in [3.05, 3.63) is 175 Å². The van der Waals surface area contributed by atoms with Gasteiger partial charge in [0, 0.05) is 59.2 Å². The molecule has 0 aliphatic carbocycles. The van der Waals surface area contributed by atoms with Crippen molar-refractivity contribution in [3.63, 3.8) is 0 Å². The topological polar surface area (TPSA) is 255 Å². The summed E-state index contributed by atoms with van der Waals surface area (Å²) in [5.74, 6) is -3.80. The SMILES string of the molecule is C.Cc1cc([N+](=O)[O-])c(CS(=O)(=O)c2cccc(C(=O)O)c2)cc1-c1cccnc1.Cc1cc([N+](=O)[O-])c(CS(=O)(=O)c2cccc(C(=O)O)c2)cc1-c1cccnc1.Cl. The number of aromatic carboxylic acids is 2. The van der Waals surface area contributed by atoms with E-state index in [1.165, 1.54) is 60.7 Å². The van der Waals surface area contributed by atoms with Gasteiger partial charge < -0.3 is 10.2 Å². The number of hydrogen-bond donors (Lipinski definition) is 2. The third kappa shape index (κ3) is 11.2. The summed E-state index contributed by atoms with van der Waals surface area (Å²) < 4.78 is 51.4. The number of carbonyl (C=O) groups is 2. The van der Waals surface area contributed by atoms with Crippen LogP contribution in [-0.4, -0.2) is 58.8 Å². The van der Waals surface area contributed by atoms with E-state index < -0.39 is 53.0 Å². The molecule has 0 atom stereocenters. The standard InChI is InChI=1S/2C20H16N2O6S.CH4.ClH/c2*1-13-8-19(22(25)26)16(10-18(13)15-5-3-7-21-11-15)12-29(27,28)17-6-2-4-14(9-17)20(23)24;;/h2*2-11H,12H2,1H3,(H,23,24);1H4;1H. The van der Waals surface area contributed by atoms with Gasteiger partial charge >= 0.3 is 11.9 Å². The zero-order chi connectivity index (χ0) is 42.4. The van der Waals surface area contributed by atoms with E-state index in [0.29, 0.717) is 33.4 Å². The number of aryl methyl sites for hydroxylation is 2. The average molecular weight is 877 g/mol. The molecule has 0 unspecified atom stereocenters. The first-order valence-corrected chi connectivity index (χ1v) is 20.2. The minimum Gasteiger partial charge on any atom is -0.478 e. The fourth-order valence-corrected chi connectivity index (χ4v) is 8.73. The molecule has 60 heavy (non-hydrogen) atoms. The Balaban J connectivity index is 0.000000310. The van der Waals surface area contributed by atoms with Gasteiger partial charge in [0.05, 0.1) is 42.3 Å². The Labute approximate surface area is 350 Å². The first kappa shape index (κ1) is 47.5. The van der Waals surface area contributed by atoms with Crippen LogP contribution in [0, 0.1) is 34.1 Å². The van der Waals surface area contributed by atoms with Gasteiger partial charge in [0.25, 0.3) is 11.4 Å². The van der Waals surface area contributed by atoms with Crippen molar-refractivity contribution in [2.75, 3.05) is 0 Å². The van der Waals surface area contributed by atoms with Crippen LogP contribution in [0.2, 0.25) is 0 Å². The molecule has 19 heteroatoms. The van der Waals surface area contributed by atoms with Gasteiger partial charge in [0.15, 0.2) is 19.7 Å². The molecule has 0 bridgehead atoms. The van der Waals surface area contributed by atoms with Crippen LogP contribution in [-0.2, 0) is 31.2 Å².